The van der Waals surface area contributed by atoms with E-state index in [-0.39, 0.29) is 11.7 Å². The molecule has 0 unspecified atom stereocenters. The molecule has 29 heavy (non-hydrogen) atoms. The zero-order chi connectivity index (χ0) is 20.4. The van der Waals surface area contributed by atoms with Crippen molar-refractivity contribution in [3.8, 4) is 11.4 Å². The summed E-state index contributed by atoms with van der Waals surface area (Å²) in [6.45, 7) is 5.94. The van der Waals surface area contributed by atoms with E-state index in [2.05, 4.69) is 11.9 Å². The Morgan fingerprint density at radius 2 is 1.86 bits per heavy atom. The maximum absolute atomic E-state index is 13.3. The van der Waals surface area contributed by atoms with Crippen molar-refractivity contribution in [3.05, 3.63) is 53.8 Å². The summed E-state index contributed by atoms with van der Waals surface area (Å²) in [6, 6.07) is 12.2. The summed E-state index contributed by atoms with van der Waals surface area (Å²) < 4.78 is 13.3. The molecule has 0 bridgehead atoms. The summed E-state index contributed by atoms with van der Waals surface area (Å²) in [7, 11) is 0. The Bertz CT molecular complexity index is 1030. The average Bonchev–Trinajstić information content (AvgIpc) is 2.72. The number of piperidine rings is 1. The summed E-state index contributed by atoms with van der Waals surface area (Å²) in [4.78, 5) is 24.0. The normalized spacial score (nSPS) is 15.1. The van der Waals surface area contributed by atoms with E-state index < -0.39 is 0 Å². The first kappa shape index (κ1) is 19.8. The van der Waals surface area contributed by atoms with Gasteiger partial charge >= 0.3 is 0 Å². The number of thioether (sulfide) groups is 1. The van der Waals surface area contributed by atoms with E-state index in [1.807, 2.05) is 30.0 Å². The third-order valence-corrected chi connectivity index (χ3v) is 6.36. The van der Waals surface area contributed by atoms with Crippen LogP contribution in [-0.2, 0) is 4.79 Å². The number of fused-ring (bicyclic) bond motifs is 1. The quantitative estimate of drug-likeness (QED) is 0.445. The zero-order valence-electron chi connectivity index (χ0n) is 16.7. The smallest absolute Gasteiger partial charge is 0.232 e. The van der Waals surface area contributed by atoms with Crippen LogP contribution in [-0.4, -0.2) is 39.6 Å². The van der Waals surface area contributed by atoms with Crippen LogP contribution < -0.4 is 0 Å². The molecule has 1 saturated heterocycles. The second-order valence-corrected chi connectivity index (χ2v) is 8.70. The minimum atomic E-state index is -0.290. The van der Waals surface area contributed by atoms with Gasteiger partial charge in [-0.05, 0) is 67.6 Å². The molecule has 1 fully saturated rings. The predicted octanol–water partition coefficient (Wildman–Crippen LogP) is 5.09. The highest BCUT2D eigenvalue weighted by molar-refractivity contribution is 8.00. The van der Waals surface area contributed by atoms with E-state index >= 15 is 0 Å². The monoisotopic (exact) mass is 409 g/mol. The van der Waals surface area contributed by atoms with Crippen LogP contribution in [0.2, 0.25) is 0 Å². The molecular formula is C23H24FN3OS. The Balaban J connectivity index is 1.61. The number of hydrogen-bond acceptors (Lipinski definition) is 4. The van der Waals surface area contributed by atoms with Gasteiger partial charge in [0.15, 0.2) is 5.82 Å². The lowest BCUT2D eigenvalue weighted by Gasteiger charge is -2.30. The molecule has 150 valence electrons. The fraction of sp³-hybridized carbons (Fsp3) is 0.348. The summed E-state index contributed by atoms with van der Waals surface area (Å²) in [5.41, 5.74) is 2.70. The van der Waals surface area contributed by atoms with Gasteiger partial charge in [-0.15, -0.1) is 0 Å². The van der Waals surface area contributed by atoms with Gasteiger partial charge < -0.3 is 4.90 Å². The molecular weight excluding hydrogens is 385 g/mol. The SMILES string of the molecule is Cc1ccc2c(SCC(=O)N3CCC(C)CC3)nc(-c3ccc(F)cc3)nc2c1. The van der Waals surface area contributed by atoms with Gasteiger partial charge in [-0.1, -0.05) is 24.8 Å². The Labute approximate surface area is 174 Å². The van der Waals surface area contributed by atoms with Gasteiger partial charge in [0, 0.05) is 24.0 Å². The van der Waals surface area contributed by atoms with Crippen molar-refractivity contribution in [2.45, 2.75) is 31.7 Å². The van der Waals surface area contributed by atoms with Gasteiger partial charge in [-0.2, -0.15) is 0 Å². The molecule has 1 amide bonds. The molecule has 4 rings (SSSR count). The van der Waals surface area contributed by atoms with Gasteiger partial charge in [0.05, 0.1) is 11.3 Å². The van der Waals surface area contributed by atoms with Crippen LogP contribution in [0.4, 0.5) is 4.39 Å². The van der Waals surface area contributed by atoms with E-state index in [0.717, 1.165) is 53.0 Å². The number of amides is 1. The van der Waals surface area contributed by atoms with Gasteiger partial charge in [0.25, 0.3) is 0 Å². The number of rotatable bonds is 4. The van der Waals surface area contributed by atoms with Crippen LogP contribution in [0.1, 0.15) is 25.3 Å². The van der Waals surface area contributed by atoms with Crippen molar-refractivity contribution in [2.75, 3.05) is 18.8 Å². The average molecular weight is 410 g/mol. The minimum Gasteiger partial charge on any atom is -0.342 e. The molecule has 0 saturated carbocycles. The number of aryl methyl sites for hydroxylation is 1. The number of carbonyl (C=O) groups excluding carboxylic acids is 1. The van der Waals surface area contributed by atoms with Gasteiger partial charge in [0.2, 0.25) is 5.91 Å². The largest absolute Gasteiger partial charge is 0.342 e. The standard InChI is InChI=1S/C23H24FN3OS/c1-15-9-11-27(12-10-15)21(28)14-29-23-19-8-3-16(2)13-20(19)25-22(26-23)17-4-6-18(24)7-5-17/h3-8,13,15H,9-12,14H2,1-2H3. The van der Waals surface area contributed by atoms with Crippen LogP contribution in [0.5, 0.6) is 0 Å². The number of carbonyl (C=O) groups is 1. The second kappa shape index (κ2) is 8.49. The highest BCUT2D eigenvalue weighted by atomic mass is 32.2. The maximum Gasteiger partial charge on any atom is 0.232 e. The molecule has 1 aliphatic heterocycles. The van der Waals surface area contributed by atoms with Crippen LogP contribution in [0, 0.1) is 18.7 Å². The fourth-order valence-corrected chi connectivity index (χ4v) is 4.45. The van der Waals surface area contributed by atoms with Crippen molar-refractivity contribution in [3.63, 3.8) is 0 Å². The van der Waals surface area contributed by atoms with Crippen LogP contribution in [0.15, 0.2) is 47.5 Å². The molecule has 6 heteroatoms. The Hall–Kier alpha value is -2.47. The summed E-state index contributed by atoms with van der Waals surface area (Å²) in [6.07, 6.45) is 2.14. The topological polar surface area (TPSA) is 46.1 Å². The van der Waals surface area contributed by atoms with Crippen molar-refractivity contribution in [2.24, 2.45) is 5.92 Å². The minimum absolute atomic E-state index is 0.157. The van der Waals surface area contributed by atoms with Crippen molar-refractivity contribution >= 4 is 28.6 Å². The van der Waals surface area contributed by atoms with Gasteiger partial charge in [0.1, 0.15) is 10.8 Å². The first-order chi connectivity index (χ1) is 14.0. The van der Waals surface area contributed by atoms with Gasteiger partial charge in [-0.3, -0.25) is 4.79 Å². The summed E-state index contributed by atoms with van der Waals surface area (Å²) in [5.74, 6) is 1.46. The molecule has 1 aliphatic rings. The molecule has 0 aliphatic carbocycles. The molecule has 2 heterocycles. The van der Waals surface area contributed by atoms with Crippen LogP contribution in [0.3, 0.4) is 0 Å². The Morgan fingerprint density at radius 3 is 2.59 bits per heavy atom. The third kappa shape index (κ3) is 4.58. The Morgan fingerprint density at radius 1 is 1.14 bits per heavy atom. The number of likely N-dealkylation sites (tertiary alicyclic amines) is 1. The highest BCUT2D eigenvalue weighted by Gasteiger charge is 2.21. The van der Waals surface area contributed by atoms with E-state index in [9.17, 15) is 9.18 Å². The number of nitrogens with zero attached hydrogens (tertiary/aromatic N) is 3. The molecule has 0 radical (unpaired) electrons. The van der Waals surface area contributed by atoms with E-state index in [4.69, 9.17) is 4.98 Å². The molecule has 4 nitrogen and oxygen atoms in total. The Kier molecular flexibility index (Phi) is 5.81. The molecule has 0 atom stereocenters. The van der Waals surface area contributed by atoms with E-state index in [1.54, 1.807) is 12.1 Å². The lowest BCUT2D eigenvalue weighted by Crippen LogP contribution is -2.38. The second-order valence-electron chi connectivity index (χ2n) is 7.73. The first-order valence-corrected chi connectivity index (χ1v) is 10.9. The number of halogens is 1. The molecule has 1 aromatic heterocycles. The number of hydrogen-bond donors (Lipinski definition) is 0. The molecule has 2 aromatic carbocycles. The fourth-order valence-electron chi connectivity index (χ4n) is 3.53. The summed E-state index contributed by atoms with van der Waals surface area (Å²) in [5, 5.41) is 1.72. The first-order valence-electron chi connectivity index (χ1n) is 9.94. The van der Waals surface area contributed by atoms with E-state index in [1.165, 1.54) is 23.9 Å². The third-order valence-electron chi connectivity index (χ3n) is 5.39. The van der Waals surface area contributed by atoms with Crippen LogP contribution >= 0.6 is 11.8 Å². The van der Waals surface area contributed by atoms with E-state index in [0.29, 0.717) is 17.5 Å². The molecule has 0 spiro atoms. The number of aromatic nitrogens is 2. The lowest BCUT2D eigenvalue weighted by molar-refractivity contribution is -0.129. The maximum atomic E-state index is 13.3. The van der Waals surface area contributed by atoms with Crippen molar-refractivity contribution < 1.29 is 9.18 Å². The molecule has 3 aromatic rings. The van der Waals surface area contributed by atoms with Crippen molar-refractivity contribution in [1.29, 1.82) is 0 Å². The number of benzene rings is 2. The predicted molar refractivity (Wildman–Crippen MR) is 115 cm³/mol. The lowest BCUT2D eigenvalue weighted by atomic mass is 9.99. The van der Waals surface area contributed by atoms with Crippen molar-refractivity contribution in [1.82, 2.24) is 14.9 Å². The zero-order valence-corrected chi connectivity index (χ0v) is 17.5. The van der Waals surface area contributed by atoms with Gasteiger partial charge in [-0.25, -0.2) is 14.4 Å². The highest BCUT2D eigenvalue weighted by Crippen LogP contribution is 2.29. The molecule has 0 N–H and O–H groups in total. The van der Waals surface area contributed by atoms with Crippen LogP contribution in [0.25, 0.3) is 22.3 Å². The summed E-state index contributed by atoms with van der Waals surface area (Å²) >= 11 is 1.45.